The SMILES string of the molecule is Cc1cc(-c2cn3cc(C(=O)NCCc4cn[nH]c4)nc3c(=O)n2C)c(C)o1. The van der Waals surface area contributed by atoms with Crippen molar-refractivity contribution in [2.45, 2.75) is 20.3 Å². The summed E-state index contributed by atoms with van der Waals surface area (Å²) >= 11 is 0. The van der Waals surface area contributed by atoms with Gasteiger partial charge in [-0.1, -0.05) is 0 Å². The fourth-order valence-electron chi connectivity index (χ4n) is 3.20. The van der Waals surface area contributed by atoms with Crippen LogP contribution in [0.4, 0.5) is 0 Å². The van der Waals surface area contributed by atoms with Crippen molar-refractivity contribution >= 4 is 11.6 Å². The van der Waals surface area contributed by atoms with E-state index in [0.29, 0.717) is 18.7 Å². The van der Waals surface area contributed by atoms with Crippen molar-refractivity contribution in [2.24, 2.45) is 7.05 Å². The van der Waals surface area contributed by atoms with E-state index in [1.807, 2.05) is 19.9 Å². The number of carbonyl (C=O) groups excluding carboxylic acids is 1. The standard InChI is InChI=1S/C19H20N6O3/c1-11-6-14(12(2)28-11)16-10-25-9-15(23-17(25)19(27)24(16)3)18(26)20-5-4-13-7-21-22-8-13/h6-10H,4-5H2,1-3H3,(H,20,26)(H,21,22). The maximum atomic E-state index is 12.8. The van der Waals surface area contributed by atoms with Gasteiger partial charge in [0.15, 0.2) is 0 Å². The summed E-state index contributed by atoms with van der Waals surface area (Å²) < 4.78 is 8.68. The molecular weight excluding hydrogens is 360 g/mol. The molecule has 0 aliphatic heterocycles. The number of amides is 1. The van der Waals surface area contributed by atoms with Gasteiger partial charge in [-0.25, -0.2) is 4.98 Å². The molecule has 4 heterocycles. The van der Waals surface area contributed by atoms with E-state index in [-0.39, 0.29) is 22.8 Å². The second-order valence-electron chi connectivity index (χ2n) is 6.67. The second-order valence-corrected chi connectivity index (χ2v) is 6.67. The van der Waals surface area contributed by atoms with Gasteiger partial charge in [0.25, 0.3) is 11.5 Å². The van der Waals surface area contributed by atoms with Crippen LogP contribution in [0.3, 0.4) is 0 Å². The second kappa shape index (κ2) is 6.84. The summed E-state index contributed by atoms with van der Waals surface area (Å²) in [4.78, 5) is 29.4. The predicted octanol–water partition coefficient (Wildman–Crippen LogP) is 1.61. The zero-order valence-electron chi connectivity index (χ0n) is 15.8. The molecule has 144 valence electrons. The average Bonchev–Trinajstić information content (AvgIpc) is 3.38. The van der Waals surface area contributed by atoms with Gasteiger partial charge in [-0.05, 0) is 31.9 Å². The maximum absolute atomic E-state index is 12.8. The van der Waals surface area contributed by atoms with Gasteiger partial charge in [0, 0.05) is 37.7 Å². The van der Waals surface area contributed by atoms with E-state index in [0.717, 1.165) is 22.6 Å². The largest absolute Gasteiger partial charge is 0.466 e. The zero-order chi connectivity index (χ0) is 19.8. The van der Waals surface area contributed by atoms with Crippen molar-refractivity contribution in [2.75, 3.05) is 6.54 Å². The molecule has 0 bridgehead atoms. The normalized spacial score (nSPS) is 11.2. The number of aromatic nitrogens is 5. The van der Waals surface area contributed by atoms with Crippen molar-refractivity contribution in [3.63, 3.8) is 0 Å². The average molecular weight is 380 g/mol. The van der Waals surface area contributed by atoms with Crippen LogP contribution in [-0.2, 0) is 13.5 Å². The fraction of sp³-hybridized carbons (Fsp3) is 0.263. The fourth-order valence-corrected chi connectivity index (χ4v) is 3.20. The number of fused-ring (bicyclic) bond motifs is 1. The van der Waals surface area contributed by atoms with Crippen molar-refractivity contribution in [3.8, 4) is 11.3 Å². The number of carbonyl (C=O) groups is 1. The minimum Gasteiger partial charge on any atom is -0.466 e. The van der Waals surface area contributed by atoms with Gasteiger partial charge < -0.3 is 14.3 Å². The molecule has 0 aliphatic rings. The Balaban J connectivity index is 1.63. The molecule has 2 N–H and O–H groups in total. The molecule has 0 saturated heterocycles. The van der Waals surface area contributed by atoms with Crippen LogP contribution in [0.5, 0.6) is 0 Å². The number of furan rings is 1. The van der Waals surface area contributed by atoms with Gasteiger partial charge in [0.2, 0.25) is 5.65 Å². The number of aryl methyl sites for hydroxylation is 2. The van der Waals surface area contributed by atoms with Crippen molar-refractivity contribution in [1.29, 1.82) is 0 Å². The van der Waals surface area contributed by atoms with Crippen molar-refractivity contribution < 1.29 is 9.21 Å². The molecule has 0 atom stereocenters. The molecule has 9 heteroatoms. The lowest BCUT2D eigenvalue weighted by molar-refractivity contribution is 0.0949. The van der Waals surface area contributed by atoms with E-state index < -0.39 is 0 Å². The Hall–Kier alpha value is -3.62. The third-order valence-corrected chi connectivity index (χ3v) is 4.65. The highest BCUT2D eigenvalue weighted by Crippen LogP contribution is 2.25. The highest BCUT2D eigenvalue weighted by Gasteiger charge is 2.17. The molecule has 28 heavy (non-hydrogen) atoms. The summed E-state index contributed by atoms with van der Waals surface area (Å²) in [6.07, 6.45) is 7.49. The predicted molar refractivity (Wildman–Crippen MR) is 102 cm³/mol. The molecule has 0 unspecified atom stereocenters. The van der Waals surface area contributed by atoms with Crippen LogP contribution in [0.15, 0.2) is 40.1 Å². The Bertz CT molecular complexity index is 1210. The lowest BCUT2D eigenvalue weighted by Gasteiger charge is -2.07. The van der Waals surface area contributed by atoms with Crippen molar-refractivity contribution in [1.82, 2.24) is 29.5 Å². The molecule has 0 spiro atoms. The molecule has 0 fully saturated rings. The Morgan fingerprint density at radius 1 is 1.32 bits per heavy atom. The first-order valence-corrected chi connectivity index (χ1v) is 8.86. The maximum Gasteiger partial charge on any atom is 0.294 e. The summed E-state index contributed by atoms with van der Waals surface area (Å²) in [5, 5.41) is 9.41. The minimum absolute atomic E-state index is 0.196. The summed E-state index contributed by atoms with van der Waals surface area (Å²) in [6.45, 7) is 4.16. The van der Waals surface area contributed by atoms with Crippen LogP contribution in [-0.4, -0.2) is 36.6 Å². The van der Waals surface area contributed by atoms with Gasteiger partial charge in [0.05, 0.1) is 11.9 Å². The smallest absolute Gasteiger partial charge is 0.294 e. The molecule has 4 aromatic heterocycles. The monoisotopic (exact) mass is 380 g/mol. The number of imidazole rings is 1. The van der Waals surface area contributed by atoms with Crippen LogP contribution in [0.2, 0.25) is 0 Å². The molecule has 0 saturated carbocycles. The highest BCUT2D eigenvalue weighted by atomic mass is 16.3. The molecule has 9 nitrogen and oxygen atoms in total. The van der Waals surface area contributed by atoms with E-state index in [1.54, 1.807) is 36.2 Å². The summed E-state index contributed by atoms with van der Waals surface area (Å²) in [5.41, 5.74) is 2.63. The Kier molecular flexibility index (Phi) is 4.34. The van der Waals surface area contributed by atoms with Crippen molar-refractivity contribution in [3.05, 3.63) is 64.0 Å². The Morgan fingerprint density at radius 2 is 2.14 bits per heavy atom. The number of hydrogen-bond acceptors (Lipinski definition) is 5. The van der Waals surface area contributed by atoms with Gasteiger partial charge in [0.1, 0.15) is 17.2 Å². The quantitative estimate of drug-likeness (QED) is 0.546. The topological polar surface area (TPSA) is 110 Å². The van der Waals surface area contributed by atoms with Gasteiger partial charge in [-0.15, -0.1) is 0 Å². The molecule has 4 aromatic rings. The van der Waals surface area contributed by atoms with E-state index in [9.17, 15) is 9.59 Å². The number of hydrogen-bond donors (Lipinski definition) is 2. The first-order valence-electron chi connectivity index (χ1n) is 8.86. The van der Waals surface area contributed by atoms with E-state index in [2.05, 4.69) is 20.5 Å². The van der Waals surface area contributed by atoms with Crippen LogP contribution in [0.1, 0.15) is 27.6 Å². The van der Waals surface area contributed by atoms with Gasteiger partial charge >= 0.3 is 0 Å². The third-order valence-electron chi connectivity index (χ3n) is 4.65. The van der Waals surface area contributed by atoms with Crippen LogP contribution in [0, 0.1) is 13.8 Å². The molecule has 4 rings (SSSR count). The third kappa shape index (κ3) is 3.11. The molecule has 1 amide bonds. The van der Waals surface area contributed by atoms with Crippen LogP contribution in [0.25, 0.3) is 16.9 Å². The lowest BCUT2D eigenvalue weighted by atomic mass is 10.2. The number of rotatable bonds is 5. The molecular formula is C19H20N6O3. The molecule has 0 aliphatic carbocycles. The van der Waals surface area contributed by atoms with Crippen LogP contribution < -0.4 is 10.9 Å². The Morgan fingerprint density at radius 3 is 2.82 bits per heavy atom. The summed E-state index contributed by atoms with van der Waals surface area (Å²) in [6, 6.07) is 1.89. The first-order chi connectivity index (χ1) is 13.4. The highest BCUT2D eigenvalue weighted by molar-refractivity contribution is 5.92. The van der Waals surface area contributed by atoms with Gasteiger partial charge in [-0.3, -0.25) is 19.1 Å². The number of H-pyrrole nitrogens is 1. The summed E-state index contributed by atoms with van der Waals surface area (Å²) in [5.74, 6) is 1.17. The first kappa shape index (κ1) is 17.8. The van der Waals surface area contributed by atoms with Crippen LogP contribution >= 0.6 is 0 Å². The molecule has 0 radical (unpaired) electrons. The number of aromatic amines is 1. The van der Waals surface area contributed by atoms with E-state index in [4.69, 9.17) is 4.42 Å². The number of nitrogens with zero attached hydrogens (tertiary/aromatic N) is 4. The molecule has 0 aromatic carbocycles. The summed E-state index contributed by atoms with van der Waals surface area (Å²) in [7, 11) is 1.68. The van der Waals surface area contributed by atoms with E-state index in [1.165, 1.54) is 4.57 Å². The number of nitrogens with one attached hydrogen (secondary N) is 2. The Labute approximate surface area is 160 Å². The zero-order valence-corrected chi connectivity index (χ0v) is 15.8. The minimum atomic E-state index is -0.328. The van der Waals surface area contributed by atoms with E-state index >= 15 is 0 Å². The lowest BCUT2D eigenvalue weighted by Crippen LogP contribution is -2.26. The van der Waals surface area contributed by atoms with Gasteiger partial charge in [-0.2, -0.15) is 5.10 Å².